The standard InChI is InChI=1S/C33H25ClN2O2/c1-2-20-15-17-21(18-16-20)35-19-33-24-11-5-3-9-22(24)28(23-10-4-6-12-25(23)33)29-30(33)32(38)36(31(29)37)27-14-8-7-13-26(27)34/h3-19,28-30H,2H2,1H3/t28?,29-,30+,33?/m1/s1. The molecule has 0 N–H and O–H groups in total. The van der Waals surface area contributed by atoms with Gasteiger partial charge in [-0.1, -0.05) is 91.3 Å². The lowest BCUT2D eigenvalue weighted by Gasteiger charge is -2.52. The first-order valence-electron chi connectivity index (χ1n) is 13.0. The molecule has 1 saturated heterocycles. The van der Waals surface area contributed by atoms with E-state index < -0.39 is 17.3 Å². The van der Waals surface area contributed by atoms with Crippen molar-refractivity contribution in [3.05, 3.63) is 130 Å². The minimum atomic E-state index is -0.890. The zero-order valence-corrected chi connectivity index (χ0v) is 21.6. The highest BCUT2D eigenvalue weighted by atomic mass is 35.5. The number of anilines is 1. The number of aryl methyl sites for hydroxylation is 1. The summed E-state index contributed by atoms with van der Waals surface area (Å²) in [6.07, 6.45) is 2.88. The van der Waals surface area contributed by atoms with Crippen LogP contribution in [0.5, 0.6) is 0 Å². The highest BCUT2D eigenvalue weighted by molar-refractivity contribution is 6.36. The number of halogens is 1. The molecule has 4 aromatic carbocycles. The third-order valence-corrected chi connectivity index (χ3v) is 8.86. The first kappa shape index (κ1) is 23.1. The maximum Gasteiger partial charge on any atom is 0.239 e. The van der Waals surface area contributed by atoms with E-state index >= 15 is 0 Å². The Kier molecular flexibility index (Phi) is 5.17. The van der Waals surface area contributed by atoms with Crippen molar-refractivity contribution < 1.29 is 9.59 Å². The van der Waals surface area contributed by atoms with Gasteiger partial charge < -0.3 is 0 Å². The zero-order chi connectivity index (χ0) is 26.0. The molecule has 1 fully saturated rings. The van der Waals surface area contributed by atoms with E-state index in [4.69, 9.17) is 16.6 Å². The SMILES string of the molecule is CCc1ccc(N=CC23c4ccccc4C(c4ccccc42)[C@H]2C(=O)N(c4ccccc4Cl)C(=O)[C@H]23)cc1. The molecule has 0 spiro atoms. The predicted molar refractivity (Wildman–Crippen MR) is 150 cm³/mol. The molecule has 5 heteroatoms. The van der Waals surface area contributed by atoms with Crippen molar-refractivity contribution in [2.24, 2.45) is 16.8 Å². The average Bonchev–Trinajstić information content (AvgIpc) is 3.23. The molecular weight excluding hydrogens is 492 g/mol. The van der Waals surface area contributed by atoms with E-state index in [1.165, 1.54) is 10.5 Å². The molecule has 4 aliphatic rings. The summed E-state index contributed by atoms with van der Waals surface area (Å²) in [5, 5.41) is 0.383. The summed E-state index contributed by atoms with van der Waals surface area (Å²) in [6, 6.07) is 31.7. The monoisotopic (exact) mass is 516 g/mol. The Hall–Kier alpha value is -4.02. The highest BCUT2D eigenvalue weighted by Crippen LogP contribution is 2.64. The lowest BCUT2D eigenvalue weighted by molar-refractivity contribution is -0.122. The lowest BCUT2D eigenvalue weighted by atomic mass is 9.47. The Labute approximate surface area is 226 Å². The average molecular weight is 517 g/mol. The number of nitrogens with zero attached hydrogens (tertiary/aromatic N) is 2. The molecule has 3 aliphatic carbocycles. The zero-order valence-electron chi connectivity index (χ0n) is 20.8. The highest BCUT2D eigenvalue weighted by Gasteiger charge is 2.68. The summed E-state index contributed by atoms with van der Waals surface area (Å²) in [6.45, 7) is 2.12. The van der Waals surface area contributed by atoms with Crippen molar-refractivity contribution in [1.82, 2.24) is 0 Å². The van der Waals surface area contributed by atoms with Crippen LogP contribution in [-0.4, -0.2) is 18.0 Å². The first-order chi connectivity index (χ1) is 18.6. The minimum absolute atomic E-state index is 0.202. The Morgan fingerprint density at radius 2 is 1.42 bits per heavy atom. The Balaban J connectivity index is 1.49. The van der Waals surface area contributed by atoms with Crippen LogP contribution < -0.4 is 4.90 Å². The number of aliphatic imine (C=N–C) groups is 1. The maximum absolute atomic E-state index is 14.4. The van der Waals surface area contributed by atoms with Crippen LogP contribution in [-0.2, 0) is 21.4 Å². The van der Waals surface area contributed by atoms with Crippen molar-refractivity contribution in [2.45, 2.75) is 24.7 Å². The molecular formula is C33H25ClN2O2. The van der Waals surface area contributed by atoms with Crippen molar-refractivity contribution in [2.75, 3.05) is 4.90 Å². The second-order valence-electron chi connectivity index (χ2n) is 10.3. The number of carbonyl (C=O) groups excluding carboxylic acids is 2. The molecule has 0 radical (unpaired) electrons. The van der Waals surface area contributed by atoms with Gasteiger partial charge in [-0.2, -0.15) is 0 Å². The fraction of sp³-hybridized carbons (Fsp3) is 0.182. The van der Waals surface area contributed by atoms with Gasteiger partial charge in [0.1, 0.15) is 0 Å². The van der Waals surface area contributed by atoms with Crippen LogP contribution in [0.4, 0.5) is 11.4 Å². The van der Waals surface area contributed by atoms with E-state index in [0.29, 0.717) is 10.7 Å². The van der Waals surface area contributed by atoms with Gasteiger partial charge in [0.2, 0.25) is 11.8 Å². The predicted octanol–water partition coefficient (Wildman–Crippen LogP) is 6.86. The summed E-state index contributed by atoms with van der Waals surface area (Å²) < 4.78 is 0. The van der Waals surface area contributed by atoms with Crippen LogP contribution >= 0.6 is 11.6 Å². The molecule has 2 atom stereocenters. The number of imide groups is 1. The van der Waals surface area contributed by atoms with Crippen LogP contribution in [0.25, 0.3) is 0 Å². The Bertz CT molecular complexity index is 1590. The van der Waals surface area contributed by atoms with Crippen LogP contribution in [0.15, 0.2) is 102 Å². The minimum Gasteiger partial charge on any atom is -0.274 e. The molecule has 4 nitrogen and oxygen atoms in total. The fourth-order valence-electron chi connectivity index (χ4n) is 6.91. The van der Waals surface area contributed by atoms with E-state index in [9.17, 15) is 9.59 Å². The number of carbonyl (C=O) groups is 2. The molecule has 2 amide bonds. The van der Waals surface area contributed by atoms with Gasteiger partial charge in [-0.15, -0.1) is 0 Å². The third kappa shape index (κ3) is 3.01. The fourth-order valence-corrected chi connectivity index (χ4v) is 7.13. The number of amides is 2. The van der Waals surface area contributed by atoms with E-state index in [2.05, 4.69) is 43.3 Å². The Morgan fingerprint density at radius 1 is 0.816 bits per heavy atom. The first-order valence-corrected chi connectivity index (χ1v) is 13.4. The van der Waals surface area contributed by atoms with E-state index in [0.717, 1.165) is 34.4 Å². The molecule has 186 valence electrons. The lowest BCUT2D eigenvalue weighted by Crippen LogP contribution is -2.54. The van der Waals surface area contributed by atoms with E-state index in [1.807, 2.05) is 42.6 Å². The smallest absolute Gasteiger partial charge is 0.239 e. The van der Waals surface area contributed by atoms with Crippen LogP contribution in [0.3, 0.4) is 0 Å². The largest absolute Gasteiger partial charge is 0.274 e. The maximum atomic E-state index is 14.4. The molecule has 8 rings (SSSR count). The Morgan fingerprint density at radius 3 is 2.05 bits per heavy atom. The molecule has 38 heavy (non-hydrogen) atoms. The van der Waals surface area contributed by atoms with Gasteiger partial charge in [0.25, 0.3) is 0 Å². The summed E-state index contributed by atoms with van der Waals surface area (Å²) >= 11 is 6.53. The second kappa shape index (κ2) is 8.50. The van der Waals surface area contributed by atoms with Crippen molar-refractivity contribution >= 4 is 41.0 Å². The summed E-state index contributed by atoms with van der Waals surface area (Å²) in [5.41, 5.74) is 5.86. The van der Waals surface area contributed by atoms with E-state index in [-0.39, 0.29) is 17.7 Å². The van der Waals surface area contributed by atoms with Gasteiger partial charge >= 0.3 is 0 Å². The van der Waals surface area contributed by atoms with Crippen molar-refractivity contribution in [3.63, 3.8) is 0 Å². The molecule has 0 unspecified atom stereocenters. The topological polar surface area (TPSA) is 49.7 Å². The number of hydrogen-bond acceptors (Lipinski definition) is 3. The quantitative estimate of drug-likeness (QED) is 0.220. The van der Waals surface area contributed by atoms with Gasteiger partial charge in [0, 0.05) is 12.1 Å². The molecule has 4 aromatic rings. The van der Waals surface area contributed by atoms with Crippen LogP contribution in [0, 0.1) is 11.8 Å². The van der Waals surface area contributed by atoms with E-state index in [1.54, 1.807) is 24.3 Å². The normalized spacial score (nSPS) is 25.0. The second-order valence-corrected chi connectivity index (χ2v) is 10.7. The van der Waals surface area contributed by atoms with Gasteiger partial charge in [0.05, 0.1) is 33.6 Å². The number of para-hydroxylation sites is 1. The number of benzene rings is 4. The van der Waals surface area contributed by atoms with Gasteiger partial charge in [-0.05, 0) is 58.5 Å². The van der Waals surface area contributed by atoms with Gasteiger partial charge in [-0.25, -0.2) is 4.90 Å². The van der Waals surface area contributed by atoms with Crippen LogP contribution in [0.2, 0.25) is 5.02 Å². The van der Waals surface area contributed by atoms with Gasteiger partial charge in [0.15, 0.2) is 0 Å². The third-order valence-electron chi connectivity index (χ3n) is 8.54. The summed E-state index contributed by atoms with van der Waals surface area (Å²) in [4.78, 5) is 34.9. The van der Waals surface area contributed by atoms with Gasteiger partial charge in [-0.3, -0.25) is 14.6 Å². The summed E-state index contributed by atoms with van der Waals surface area (Å²) in [5.74, 6) is -1.81. The molecule has 0 saturated carbocycles. The molecule has 1 aliphatic heterocycles. The number of rotatable bonds is 4. The molecule has 0 aromatic heterocycles. The molecule has 1 heterocycles. The summed E-state index contributed by atoms with van der Waals surface area (Å²) in [7, 11) is 0. The van der Waals surface area contributed by atoms with Crippen LogP contribution in [0.1, 0.15) is 40.7 Å². The van der Waals surface area contributed by atoms with Crippen molar-refractivity contribution in [3.8, 4) is 0 Å². The van der Waals surface area contributed by atoms with Crippen molar-refractivity contribution in [1.29, 1.82) is 0 Å². The number of hydrogen-bond donors (Lipinski definition) is 0. The molecule has 2 bridgehead atoms.